The number of nitrogens with one attached hydrogen (secondary N) is 5. The maximum atomic E-state index is 14.3. The molecule has 4 aliphatic carbocycles. The van der Waals surface area contributed by atoms with Crippen LogP contribution in [0.5, 0.6) is 0 Å². The van der Waals surface area contributed by atoms with Crippen molar-refractivity contribution in [1.29, 1.82) is 0 Å². The number of fused-ring (bicyclic) bond motifs is 2. The number of sulfonamides is 2. The Kier molecular flexibility index (Phi) is 27.0. The SMILES string of the molecule is C=C[C@@H]1C[C@]1(NC(=O)[C@@H]1C[C@@H](OC(=O)N2Cc3cccc(F)c3C2)CN1)C(=O)NS(=O)(=O)C1(CCCCCCCCCCCC(=O)O)CC1.C=C[C@@H]1C[C@]1(NC(=O)[C@@H]1C[C@@H](OC(=O)N2Cc3cccc(F)c3C2)CN1C(=O)OC(C)(C)C)C(=O)NS(=O)(=O)C1(CCCCCCCCCCCC(=O)O)CC1. The molecule has 2 aromatic rings. The number of hydrogen-bond donors (Lipinski definition) is 7. The number of rotatable bonds is 38. The molecule has 4 heterocycles. The molecule has 0 unspecified atom stereocenters. The fourth-order valence-electron chi connectivity index (χ4n) is 14.9. The summed E-state index contributed by atoms with van der Waals surface area (Å²) in [5, 5.41) is 26.0. The van der Waals surface area contributed by atoms with Crippen LogP contribution in [0.4, 0.5) is 23.2 Å². The van der Waals surface area contributed by atoms with Gasteiger partial charge in [-0.15, -0.1) is 13.2 Å². The number of nitrogens with zero attached hydrogens (tertiary/aromatic N) is 3. The molecule has 105 heavy (non-hydrogen) atoms. The Bertz CT molecular complexity index is 3790. The zero-order chi connectivity index (χ0) is 76.1. The number of benzene rings is 2. The van der Waals surface area contributed by atoms with E-state index in [-0.39, 0.29) is 83.6 Å². The Morgan fingerprint density at radius 1 is 0.562 bits per heavy atom. The minimum absolute atomic E-state index is 0.0119. The highest BCUT2D eigenvalue weighted by molar-refractivity contribution is 7.92. The molecule has 4 aliphatic heterocycles. The third kappa shape index (κ3) is 20.9. The second kappa shape index (κ2) is 34.9. The quantitative estimate of drug-likeness (QED) is 0.0187. The smallest absolute Gasteiger partial charge is 0.411 e. The molecule has 6 fully saturated rings. The monoisotopic (exact) mass is 1510 g/mol. The minimum Gasteiger partial charge on any atom is -0.481 e. The van der Waals surface area contributed by atoms with Crippen LogP contribution in [-0.4, -0.2) is 159 Å². The van der Waals surface area contributed by atoms with Crippen molar-refractivity contribution in [2.75, 3.05) is 13.1 Å². The lowest BCUT2D eigenvalue weighted by Gasteiger charge is -2.29. The van der Waals surface area contributed by atoms with Gasteiger partial charge in [0, 0.05) is 68.3 Å². The van der Waals surface area contributed by atoms with Gasteiger partial charge in [-0.2, -0.15) is 0 Å². The summed E-state index contributed by atoms with van der Waals surface area (Å²) in [6.07, 6.45) is 19.6. The van der Waals surface area contributed by atoms with Gasteiger partial charge in [0.15, 0.2) is 0 Å². The van der Waals surface area contributed by atoms with Crippen molar-refractivity contribution in [2.24, 2.45) is 11.8 Å². The number of likely N-dealkylation sites (tertiary alicyclic amines) is 1. The molecule has 0 spiro atoms. The molecule has 2 saturated heterocycles. The van der Waals surface area contributed by atoms with Crippen LogP contribution in [0.1, 0.15) is 236 Å². The first-order valence-corrected chi connectivity index (χ1v) is 40.4. The zero-order valence-corrected chi connectivity index (χ0v) is 62.4. The van der Waals surface area contributed by atoms with Crippen LogP contribution < -0.4 is 25.4 Å². The van der Waals surface area contributed by atoms with Gasteiger partial charge in [0.2, 0.25) is 31.9 Å². The number of aliphatic carboxylic acids is 2. The number of carbonyl (C=O) groups is 9. The van der Waals surface area contributed by atoms with Gasteiger partial charge in [-0.05, 0) is 108 Å². The molecular formula is C75H106F2N8O18S2. The normalized spacial score (nSPS) is 24.2. The number of carboxylic acid groups (broad SMARTS) is 2. The van der Waals surface area contributed by atoms with Gasteiger partial charge in [-0.25, -0.2) is 40.0 Å². The topological polar surface area (TPSA) is 360 Å². The summed E-state index contributed by atoms with van der Waals surface area (Å²) in [6, 6.07) is 7.35. The Morgan fingerprint density at radius 2 is 0.962 bits per heavy atom. The third-order valence-corrected chi connectivity index (χ3v) is 26.3. The van der Waals surface area contributed by atoms with Gasteiger partial charge >= 0.3 is 30.2 Å². The third-order valence-electron chi connectivity index (χ3n) is 21.9. The van der Waals surface area contributed by atoms with Crippen LogP contribution in [0.2, 0.25) is 0 Å². The van der Waals surface area contributed by atoms with E-state index in [2.05, 4.69) is 38.6 Å². The van der Waals surface area contributed by atoms with E-state index in [1.165, 1.54) is 28.0 Å². The first-order valence-electron chi connectivity index (χ1n) is 37.4. The van der Waals surface area contributed by atoms with Crippen LogP contribution in [0, 0.1) is 23.5 Å². The molecular weight excluding hydrogens is 1400 g/mol. The Hall–Kier alpha value is -7.73. The van der Waals surface area contributed by atoms with Gasteiger partial charge in [0.25, 0.3) is 11.8 Å². The van der Waals surface area contributed by atoms with E-state index >= 15 is 0 Å². The Labute approximate surface area is 614 Å². The van der Waals surface area contributed by atoms with Crippen molar-refractivity contribution in [3.05, 3.63) is 95.6 Å². The summed E-state index contributed by atoms with van der Waals surface area (Å²) >= 11 is 0. The molecule has 26 nitrogen and oxygen atoms in total. The summed E-state index contributed by atoms with van der Waals surface area (Å²) in [6.45, 7) is 13.1. The maximum Gasteiger partial charge on any atom is 0.411 e. The summed E-state index contributed by atoms with van der Waals surface area (Å²) in [4.78, 5) is 119. The van der Waals surface area contributed by atoms with E-state index in [9.17, 15) is 68.8 Å². The number of ether oxygens (including phenoxy) is 3. The first-order chi connectivity index (χ1) is 49.8. The second-order valence-corrected chi connectivity index (χ2v) is 35.1. The van der Waals surface area contributed by atoms with Crippen LogP contribution in [0.25, 0.3) is 0 Å². The lowest BCUT2D eigenvalue weighted by molar-refractivity contribution is -0.138. The molecule has 2 aromatic carbocycles. The van der Waals surface area contributed by atoms with E-state index in [1.807, 2.05) is 0 Å². The fraction of sp³-hybridized carbons (Fsp3) is 0.667. The van der Waals surface area contributed by atoms with E-state index in [0.29, 0.717) is 74.5 Å². The standard InChI is InChI=1S/C40H57FN4O10S.C35H49FN4O8S/c1-5-28-23-40(28,35(49)43-56(52,53)39(20-21-39)19-14-12-10-8-6-7-9-11-13-18-33(46)47)42-34(48)32-22-29(25-45(32)37(51)55-38(2,3)4)54-36(50)44-24-27-16-15-17-31(41)30(27)26-44;1-2-25-20-35(25,32(44)39-49(46,47)34(17-18-34)16-11-9-7-5-3-4-6-8-10-15-30(41)42)38-31(43)29-19-26(21-37-29)48-33(45)40-22-24-13-12-14-28(36)27(24)23-40/h5,15-17,28-29,32H,1,6-14,18-26H2,2-4H3,(H,42,48)(H,43,49)(H,46,47);2,12-14,25-26,29,37H,1,3-11,15-23H2,(H,38,43)(H,39,44)(H,41,42)/t28-,29-,32+,40-;25-,26-,29+,35-/m11/s1. The number of halogens is 2. The Balaban J connectivity index is 0.000000245. The van der Waals surface area contributed by atoms with Crippen molar-refractivity contribution < 1.29 is 93.2 Å². The molecule has 580 valence electrons. The van der Waals surface area contributed by atoms with Gasteiger partial charge in [0.1, 0.15) is 46.6 Å². The van der Waals surface area contributed by atoms with Gasteiger partial charge in [-0.3, -0.25) is 52.9 Å². The van der Waals surface area contributed by atoms with Crippen molar-refractivity contribution in [3.8, 4) is 0 Å². The molecule has 8 aliphatic rings. The van der Waals surface area contributed by atoms with Crippen LogP contribution in [0.3, 0.4) is 0 Å². The molecule has 7 N–H and O–H groups in total. The summed E-state index contributed by atoms with van der Waals surface area (Å²) in [7, 11) is -8.06. The number of hydrogen-bond acceptors (Lipinski definition) is 17. The first kappa shape index (κ1) is 81.3. The maximum absolute atomic E-state index is 14.3. The van der Waals surface area contributed by atoms with E-state index < -0.39 is 142 Å². The van der Waals surface area contributed by atoms with E-state index in [0.717, 1.165) is 107 Å². The molecule has 10 rings (SSSR count). The molecule has 0 bridgehead atoms. The molecule has 30 heteroatoms. The zero-order valence-electron chi connectivity index (χ0n) is 60.8. The lowest BCUT2D eigenvalue weighted by Crippen LogP contribution is -2.57. The second-order valence-electron chi connectivity index (χ2n) is 31.0. The van der Waals surface area contributed by atoms with E-state index in [4.69, 9.17) is 24.4 Å². The van der Waals surface area contributed by atoms with Crippen molar-refractivity contribution in [3.63, 3.8) is 0 Å². The average molecular weight is 1510 g/mol. The summed E-state index contributed by atoms with van der Waals surface area (Å²) < 4.78 is 102. The average Bonchev–Trinajstić information content (AvgIpc) is 1.57. The summed E-state index contributed by atoms with van der Waals surface area (Å²) in [5.41, 5.74) is -1.69. The highest BCUT2D eigenvalue weighted by Gasteiger charge is 2.65. The molecule has 4 saturated carbocycles. The predicted octanol–water partition coefficient (Wildman–Crippen LogP) is 10.5. The van der Waals surface area contributed by atoms with Crippen LogP contribution >= 0.6 is 0 Å². The van der Waals surface area contributed by atoms with E-state index in [1.54, 1.807) is 51.1 Å². The largest absolute Gasteiger partial charge is 0.481 e. The van der Waals surface area contributed by atoms with Crippen molar-refractivity contribution in [1.82, 2.24) is 40.1 Å². The molecule has 0 aromatic heterocycles. The molecule has 7 amide bonds. The van der Waals surface area contributed by atoms with Gasteiger partial charge < -0.3 is 40.4 Å². The number of unbranched alkanes of at least 4 members (excludes halogenated alkanes) is 16. The number of carbonyl (C=O) groups excluding carboxylic acids is 7. The summed E-state index contributed by atoms with van der Waals surface area (Å²) in [5.74, 6) is -6.16. The van der Waals surface area contributed by atoms with Crippen molar-refractivity contribution in [2.45, 2.75) is 290 Å². The van der Waals surface area contributed by atoms with Crippen LogP contribution in [0.15, 0.2) is 61.7 Å². The van der Waals surface area contributed by atoms with Gasteiger partial charge in [0.05, 0.1) is 35.2 Å². The fourth-order valence-corrected chi connectivity index (χ4v) is 18.3. The minimum atomic E-state index is -4.09. The van der Waals surface area contributed by atoms with Gasteiger partial charge in [-0.1, -0.05) is 139 Å². The Morgan fingerprint density at radius 3 is 1.34 bits per heavy atom. The lowest BCUT2D eigenvalue weighted by atomic mass is 10.0. The molecule has 8 atom stereocenters. The predicted molar refractivity (Wildman–Crippen MR) is 383 cm³/mol. The molecule has 0 radical (unpaired) electrons. The highest BCUT2D eigenvalue weighted by Crippen LogP contribution is 2.51. The highest BCUT2D eigenvalue weighted by atomic mass is 32.2. The van der Waals surface area contributed by atoms with Crippen molar-refractivity contribution >= 4 is 73.9 Å². The number of carboxylic acids is 2. The number of amides is 7. The van der Waals surface area contributed by atoms with Crippen LogP contribution in [-0.2, 0) is 89.2 Å².